The van der Waals surface area contributed by atoms with E-state index in [1.807, 2.05) is 85.8 Å². The molecule has 0 fully saturated rings. The summed E-state index contributed by atoms with van der Waals surface area (Å²) in [6.45, 7) is 4.56. The minimum atomic E-state index is -1.37. The first kappa shape index (κ1) is 26.8. The monoisotopic (exact) mass is 491 g/mol. The summed E-state index contributed by atoms with van der Waals surface area (Å²) in [6.07, 6.45) is -1.06. The van der Waals surface area contributed by atoms with Crippen molar-refractivity contribution in [1.29, 1.82) is 0 Å². The second-order valence-corrected chi connectivity index (χ2v) is 8.43. The number of ether oxygens (including phenoxy) is 3. The highest BCUT2D eigenvalue weighted by Crippen LogP contribution is 2.30. The molecule has 2 atom stereocenters. The van der Waals surface area contributed by atoms with Crippen LogP contribution in [0.1, 0.15) is 30.5 Å². The Bertz CT molecular complexity index is 1080. The van der Waals surface area contributed by atoms with Crippen molar-refractivity contribution < 1.29 is 28.9 Å². The Morgan fingerprint density at radius 3 is 1.92 bits per heavy atom. The van der Waals surface area contributed by atoms with Crippen molar-refractivity contribution in [2.75, 3.05) is 13.7 Å². The molecule has 3 rings (SSSR count). The van der Waals surface area contributed by atoms with Crippen molar-refractivity contribution in [3.05, 3.63) is 95.6 Å². The molecule has 0 amide bonds. The second-order valence-electron chi connectivity index (χ2n) is 8.43. The van der Waals surface area contributed by atoms with Gasteiger partial charge in [-0.2, -0.15) is 0 Å². The van der Waals surface area contributed by atoms with Crippen LogP contribution in [0, 0.1) is 0 Å². The van der Waals surface area contributed by atoms with Crippen molar-refractivity contribution in [2.24, 2.45) is 0 Å². The van der Waals surface area contributed by atoms with Gasteiger partial charge >= 0.3 is 11.9 Å². The third kappa shape index (κ3) is 7.58. The van der Waals surface area contributed by atoms with E-state index in [-0.39, 0.29) is 0 Å². The number of carbonyl (C=O) groups excluding carboxylic acids is 1. The first-order valence-corrected chi connectivity index (χ1v) is 11.9. The van der Waals surface area contributed by atoms with Crippen molar-refractivity contribution in [2.45, 2.75) is 45.5 Å². The van der Waals surface area contributed by atoms with Crippen molar-refractivity contribution in [1.82, 2.24) is 4.90 Å². The maximum atomic E-state index is 12.4. The van der Waals surface area contributed by atoms with E-state index in [0.29, 0.717) is 37.6 Å². The highest BCUT2D eigenvalue weighted by molar-refractivity contribution is 5.77. The number of carboxylic acids is 1. The summed E-state index contributed by atoms with van der Waals surface area (Å²) in [5, 5.41) is 10.1. The number of carboxylic acid groups (broad SMARTS) is 1. The second kappa shape index (κ2) is 13.3. The van der Waals surface area contributed by atoms with Crippen LogP contribution in [-0.2, 0) is 33.8 Å². The number of aliphatic carboxylic acids is 1. The minimum absolute atomic E-state index is 0.312. The summed E-state index contributed by atoms with van der Waals surface area (Å²) in [5.74, 6) is -0.666. The number of benzene rings is 3. The van der Waals surface area contributed by atoms with Crippen LogP contribution in [-0.4, -0.2) is 47.8 Å². The van der Waals surface area contributed by atoms with Gasteiger partial charge in [-0.05, 0) is 42.2 Å². The zero-order valence-corrected chi connectivity index (χ0v) is 20.9. The Kier molecular flexibility index (Phi) is 9.89. The van der Waals surface area contributed by atoms with Crippen LogP contribution in [0.25, 0.3) is 0 Å². The highest BCUT2D eigenvalue weighted by atomic mass is 16.6. The number of hydrogen-bond donors (Lipinski definition) is 1. The molecule has 0 aliphatic rings. The van der Waals surface area contributed by atoms with Crippen LogP contribution in [0.5, 0.6) is 11.5 Å². The van der Waals surface area contributed by atoms with E-state index in [9.17, 15) is 14.7 Å². The van der Waals surface area contributed by atoms with Crippen LogP contribution in [0.4, 0.5) is 0 Å². The number of esters is 1. The van der Waals surface area contributed by atoms with Gasteiger partial charge in [0.05, 0.1) is 19.8 Å². The molecule has 0 heterocycles. The van der Waals surface area contributed by atoms with E-state index in [4.69, 9.17) is 14.2 Å². The molecule has 0 radical (unpaired) electrons. The van der Waals surface area contributed by atoms with Gasteiger partial charge in [0, 0.05) is 20.0 Å². The summed E-state index contributed by atoms with van der Waals surface area (Å²) in [7, 11) is 1.56. The minimum Gasteiger partial charge on any atom is -0.493 e. The fourth-order valence-corrected chi connectivity index (χ4v) is 4.18. The van der Waals surface area contributed by atoms with Crippen LogP contribution in [0.2, 0.25) is 0 Å². The average molecular weight is 492 g/mol. The Hall–Kier alpha value is -3.84. The quantitative estimate of drug-likeness (QED) is 0.346. The summed E-state index contributed by atoms with van der Waals surface area (Å²) in [5.41, 5.74) is 2.88. The Morgan fingerprint density at radius 2 is 1.44 bits per heavy atom. The fourth-order valence-electron chi connectivity index (χ4n) is 4.18. The molecule has 0 aliphatic carbocycles. The highest BCUT2D eigenvalue weighted by Gasteiger charge is 2.36. The van der Waals surface area contributed by atoms with Gasteiger partial charge in [0.25, 0.3) is 0 Å². The molecule has 3 aromatic rings. The topological polar surface area (TPSA) is 85.3 Å². The molecular weight excluding hydrogens is 458 g/mol. The molecule has 3 aromatic carbocycles. The van der Waals surface area contributed by atoms with Gasteiger partial charge in [0.15, 0.2) is 11.5 Å². The lowest BCUT2D eigenvalue weighted by Crippen LogP contribution is -2.49. The predicted octanol–water partition coefficient (Wildman–Crippen LogP) is 4.72. The van der Waals surface area contributed by atoms with Crippen LogP contribution < -0.4 is 9.47 Å². The zero-order valence-electron chi connectivity index (χ0n) is 20.9. The lowest BCUT2D eigenvalue weighted by molar-refractivity contribution is -0.168. The zero-order chi connectivity index (χ0) is 25.9. The first-order chi connectivity index (χ1) is 17.4. The third-order valence-electron chi connectivity index (χ3n) is 5.78. The molecule has 0 bridgehead atoms. The predicted molar refractivity (Wildman–Crippen MR) is 137 cm³/mol. The van der Waals surface area contributed by atoms with Gasteiger partial charge in [-0.3, -0.25) is 9.69 Å². The molecule has 36 heavy (non-hydrogen) atoms. The largest absolute Gasteiger partial charge is 0.493 e. The molecule has 7 heteroatoms. The maximum Gasteiger partial charge on any atom is 0.346 e. The van der Waals surface area contributed by atoms with Gasteiger partial charge in [-0.1, -0.05) is 66.7 Å². The molecule has 0 spiro atoms. The van der Waals surface area contributed by atoms with E-state index in [0.717, 1.165) is 16.7 Å². The Labute approximate surface area is 212 Å². The summed E-state index contributed by atoms with van der Waals surface area (Å²) < 4.78 is 16.5. The van der Waals surface area contributed by atoms with E-state index in [1.54, 1.807) is 7.11 Å². The molecule has 0 saturated carbocycles. The maximum absolute atomic E-state index is 12.4. The number of methoxy groups -OCH3 is 1. The standard InChI is InChI=1S/C29H33NO6/c1-4-35-26-16-15-24(18-27(26)34-3)17-25(28(29(32)33)36-21(2)31)30(19-22-11-7-5-8-12-22)20-23-13-9-6-10-14-23/h5-16,18,25,28H,4,17,19-20H2,1-3H3,(H,32,33). The molecule has 2 unspecified atom stereocenters. The van der Waals surface area contributed by atoms with E-state index >= 15 is 0 Å². The fraction of sp³-hybridized carbons (Fsp3) is 0.310. The van der Waals surface area contributed by atoms with Crippen molar-refractivity contribution in [3.63, 3.8) is 0 Å². The Morgan fingerprint density at radius 1 is 0.861 bits per heavy atom. The van der Waals surface area contributed by atoms with Crippen molar-refractivity contribution in [3.8, 4) is 11.5 Å². The van der Waals surface area contributed by atoms with Crippen LogP contribution in [0.15, 0.2) is 78.9 Å². The van der Waals surface area contributed by atoms with Gasteiger partial charge < -0.3 is 19.3 Å². The molecular formula is C29H33NO6. The lowest BCUT2D eigenvalue weighted by atomic mass is 9.97. The van der Waals surface area contributed by atoms with E-state index < -0.39 is 24.1 Å². The van der Waals surface area contributed by atoms with Crippen LogP contribution >= 0.6 is 0 Å². The number of nitrogens with zero attached hydrogens (tertiary/aromatic N) is 1. The molecule has 0 saturated heterocycles. The van der Waals surface area contributed by atoms with Gasteiger partial charge in [-0.25, -0.2) is 4.79 Å². The first-order valence-electron chi connectivity index (χ1n) is 11.9. The summed E-state index contributed by atoms with van der Waals surface area (Å²) in [4.78, 5) is 26.4. The molecule has 0 aliphatic heterocycles. The summed E-state index contributed by atoms with van der Waals surface area (Å²) >= 11 is 0. The molecule has 0 aromatic heterocycles. The van der Waals surface area contributed by atoms with Crippen molar-refractivity contribution >= 4 is 11.9 Å². The Balaban J connectivity index is 2.04. The smallest absolute Gasteiger partial charge is 0.346 e. The average Bonchev–Trinajstić information content (AvgIpc) is 2.87. The van der Waals surface area contributed by atoms with Gasteiger partial charge in [0.2, 0.25) is 6.10 Å². The van der Waals surface area contributed by atoms with Crippen LogP contribution in [0.3, 0.4) is 0 Å². The number of carbonyl (C=O) groups is 2. The van der Waals surface area contributed by atoms with Gasteiger partial charge in [-0.15, -0.1) is 0 Å². The molecule has 190 valence electrons. The normalized spacial score (nSPS) is 12.6. The SMILES string of the molecule is CCOc1ccc(CC(C(OC(C)=O)C(=O)O)N(Cc2ccccc2)Cc2ccccc2)cc1OC. The van der Waals surface area contributed by atoms with E-state index in [2.05, 4.69) is 4.90 Å². The third-order valence-corrected chi connectivity index (χ3v) is 5.78. The van der Waals surface area contributed by atoms with E-state index in [1.165, 1.54) is 6.92 Å². The number of rotatable bonds is 13. The molecule has 7 nitrogen and oxygen atoms in total. The summed E-state index contributed by atoms with van der Waals surface area (Å²) in [6, 6.07) is 24.5. The van der Waals surface area contributed by atoms with Gasteiger partial charge in [0.1, 0.15) is 0 Å². The number of hydrogen-bond acceptors (Lipinski definition) is 6. The lowest BCUT2D eigenvalue weighted by Gasteiger charge is -2.35. The molecule has 1 N–H and O–H groups in total.